The molecule has 0 unspecified atom stereocenters. The minimum atomic E-state index is -4.79. The first kappa shape index (κ1) is 15.9. The number of carbonyl (C=O) groups is 1. The molecule has 0 amide bonds. The molecule has 1 aromatic rings. The lowest BCUT2D eigenvalue weighted by Crippen LogP contribution is -2.17. The molecule has 20 heavy (non-hydrogen) atoms. The number of benzene rings is 1. The van der Waals surface area contributed by atoms with E-state index in [9.17, 15) is 18.0 Å². The Morgan fingerprint density at radius 2 is 1.85 bits per heavy atom. The molecule has 0 N–H and O–H groups in total. The number of ether oxygens (including phenoxy) is 3. The molecule has 0 spiro atoms. The Morgan fingerprint density at radius 1 is 1.25 bits per heavy atom. The summed E-state index contributed by atoms with van der Waals surface area (Å²) in [5, 5.41) is 0. The second-order valence-electron chi connectivity index (χ2n) is 3.68. The van der Waals surface area contributed by atoms with E-state index in [0.717, 1.165) is 6.07 Å². The normalized spacial score (nSPS) is 11.9. The van der Waals surface area contributed by atoms with Gasteiger partial charge in [-0.25, -0.2) is 4.79 Å². The van der Waals surface area contributed by atoms with Crippen molar-refractivity contribution in [1.29, 1.82) is 0 Å². The highest BCUT2D eigenvalue weighted by molar-refractivity contribution is 5.87. The number of carbonyl (C=O) groups excluding carboxylic acids is 1. The molecular formula is C13H13F3O4. The average molecular weight is 290 g/mol. The molecule has 0 aliphatic heterocycles. The molecule has 0 saturated carbocycles. The summed E-state index contributed by atoms with van der Waals surface area (Å²) in [5.74, 6) is -1.05. The summed E-state index contributed by atoms with van der Waals surface area (Å²) >= 11 is 0. The fraction of sp³-hybridized carbons (Fsp3) is 0.308. The molecule has 4 nitrogen and oxygen atoms in total. The predicted molar refractivity (Wildman–Crippen MR) is 64.4 cm³/mol. The zero-order valence-electron chi connectivity index (χ0n) is 10.9. The summed E-state index contributed by atoms with van der Waals surface area (Å²) in [6, 6.07) is 5.38. The van der Waals surface area contributed by atoms with Crippen LogP contribution in [0.2, 0.25) is 0 Å². The lowest BCUT2D eigenvalue weighted by molar-refractivity contribution is -0.275. The van der Waals surface area contributed by atoms with Gasteiger partial charge in [0.1, 0.15) is 6.61 Å². The minimum absolute atomic E-state index is 0.0706. The smallest absolute Gasteiger partial charge is 0.486 e. The SMILES string of the molecule is COC(=O)/C(C)=C/COc1ccccc1OC(F)(F)F. The second kappa shape index (κ2) is 6.83. The minimum Gasteiger partial charge on any atom is -0.486 e. The van der Waals surface area contributed by atoms with Gasteiger partial charge < -0.3 is 14.2 Å². The van der Waals surface area contributed by atoms with Gasteiger partial charge in [-0.05, 0) is 25.1 Å². The molecule has 0 heterocycles. The number of alkyl halides is 3. The zero-order chi connectivity index (χ0) is 15.2. The molecule has 1 aromatic carbocycles. The highest BCUT2D eigenvalue weighted by Gasteiger charge is 2.32. The Morgan fingerprint density at radius 3 is 2.40 bits per heavy atom. The van der Waals surface area contributed by atoms with E-state index in [2.05, 4.69) is 9.47 Å². The Hall–Kier alpha value is -2.18. The lowest BCUT2D eigenvalue weighted by atomic mass is 10.3. The van der Waals surface area contributed by atoms with Crippen molar-refractivity contribution >= 4 is 5.97 Å². The Balaban J connectivity index is 2.71. The third-order valence-electron chi connectivity index (χ3n) is 2.21. The topological polar surface area (TPSA) is 44.8 Å². The number of hydrogen-bond acceptors (Lipinski definition) is 4. The van der Waals surface area contributed by atoms with Crippen molar-refractivity contribution in [2.24, 2.45) is 0 Å². The first-order valence-corrected chi connectivity index (χ1v) is 5.56. The molecule has 7 heteroatoms. The van der Waals surface area contributed by atoms with E-state index in [1.165, 1.54) is 38.3 Å². The fourth-order valence-corrected chi connectivity index (χ4v) is 1.28. The number of esters is 1. The van der Waals surface area contributed by atoms with Gasteiger partial charge in [-0.3, -0.25) is 0 Å². The quantitative estimate of drug-likeness (QED) is 0.617. The van der Waals surface area contributed by atoms with Crippen LogP contribution in [-0.2, 0) is 9.53 Å². The van der Waals surface area contributed by atoms with Crippen LogP contribution in [0.1, 0.15) is 6.92 Å². The Bertz CT molecular complexity index is 495. The summed E-state index contributed by atoms with van der Waals surface area (Å²) in [6.07, 6.45) is -3.40. The van der Waals surface area contributed by atoms with Crippen LogP contribution in [0.3, 0.4) is 0 Å². The molecule has 1 rings (SSSR count). The molecule has 0 aromatic heterocycles. The third-order valence-corrected chi connectivity index (χ3v) is 2.21. The van der Waals surface area contributed by atoms with Crippen molar-refractivity contribution < 1.29 is 32.2 Å². The largest absolute Gasteiger partial charge is 0.573 e. The number of rotatable bonds is 5. The molecular weight excluding hydrogens is 277 g/mol. The van der Waals surface area contributed by atoms with Gasteiger partial charge in [-0.1, -0.05) is 12.1 Å². The maximum atomic E-state index is 12.2. The van der Waals surface area contributed by atoms with Gasteiger partial charge in [0.25, 0.3) is 0 Å². The van der Waals surface area contributed by atoms with Crippen molar-refractivity contribution in [2.75, 3.05) is 13.7 Å². The van der Waals surface area contributed by atoms with Gasteiger partial charge >= 0.3 is 12.3 Å². The Kier molecular flexibility index (Phi) is 5.42. The van der Waals surface area contributed by atoms with Gasteiger partial charge in [0, 0.05) is 5.57 Å². The summed E-state index contributed by atoms with van der Waals surface area (Å²) < 4.78 is 49.9. The fourth-order valence-electron chi connectivity index (χ4n) is 1.28. The van der Waals surface area contributed by atoms with Crippen molar-refractivity contribution in [3.8, 4) is 11.5 Å². The monoisotopic (exact) mass is 290 g/mol. The summed E-state index contributed by atoms with van der Waals surface area (Å²) in [6.45, 7) is 1.42. The van der Waals surface area contributed by atoms with Gasteiger partial charge in [0.2, 0.25) is 0 Å². The van der Waals surface area contributed by atoms with Crippen molar-refractivity contribution in [3.05, 3.63) is 35.9 Å². The number of methoxy groups -OCH3 is 1. The predicted octanol–water partition coefficient (Wildman–Crippen LogP) is 3.08. The molecule has 110 valence electrons. The number of halogens is 3. The van der Waals surface area contributed by atoms with Gasteiger partial charge in [0.05, 0.1) is 7.11 Å². The van der Waals surface area contributed by atoms with Crippen LogP contribution in [0, 0.1) is 0 Å². The van der Waals surface area contributed by atoms with Gasteiger partial charge in [0.15, 0.2) is 11.5 Å². The van der Waals surface area contributed by atoms with Crippen LogP contribution in [-0.4, -0.2) is 26.0 Å². The summed E-state index contributed by atoms with van der Waals surface area (Å²) in [4.78, 5) is 11.1. The van der Waals surface area contributed by atoms with Crippen molar-refractivity contribution in [3.63, 3.8) is 0 Å². The van der Waals surface area contributed by atoms with E-state index < -0.39 is 18.1 Å². The Labute approximate surface area is 113 Å². The molecule has 0 saturated heterocycles. The second-order valence-corrected chi connectivity index (χ2v) is 3.68. The number of para-hydroxylation sites is 2. The zero-order valence-corrected chi connectivity index (χ0v) is 10.9. The standard InChI is InChI=1S/C13H13F3O4/c1-9(12(17)18-2)7-8-19-10-5-3-4-6-11(10)20-13(14,15)16/h3-7H,8H2,1-2H3/b9-7+. The summed E-state index contributed by atoms with van der Waals surface area (Å²) in [5.41, 5.74) is 0.293. The first-order valence-electron chi connectivity index (χ1n) is 5.56. The van der Waals surface area contributed by atoms with Gasteiger partial charge in [-0.2, -0.15) is 0 Å². The van der Waals surface area contributed by atoms with Crippen LogP contribution in [0.4, 0.5) is 13.2 Å². The molecule has 0 aliphatic carbocycles. The highest BCUT2D eigenvalue weighted by atomic mass is 19.4. The molecule has 0 aliphatic rings. The molecule has 0 bridgehead atoms. The average Bonchev–Trinajstić information content (AvgIpc) is 2.38. The van der Waals surface area contributed by atoms with Crippen LogP contribution in [0.25, 0.3) is 0 Å². The van der Waals surface area contributed by atoms with Crippen LogP contribution >= 0.6 is 0 Å². The number of hydrogen-bond donors (Lipinski definition) is 0. The lowest BCUT2D eigenvalue weighted by Gasteiger charge is -2.13. The molecule has 0 fully saturated rings. The first-order chi connectivity index (χ1) is 9.33. The highest BCUT2D eigenvalue weighted by Crippen LogP contribution is 2.31. The van der Waals surface area contributed by atoms with Crippen molar-refractivity contribution in [1.82, 2.24) is 0 Å². The van der Waals surface area contributed by atoms with E-state index in [1.54, 1.807) is 0 Å². The third kappa shape index (κ3) is 5.21. The van der Waals surface area contributed by atoms with Gasteiger partial charge in [-0.15, -0.1) is 13.2 Å². The molecule has 0 atom stereocenters. The maximum Gasteiger partial charge on any atom is 0.573 e. The summed E-state index contributed by atoms with van der Waals surface area (Å²) in [7, 11) is 1.23. The maximum absolute atomic E-state index is 12.2. The van der Waals surface area contributed by atoms with E-state index in [-0.39, 0.29) is 12.4 Å². The van der Waals surface area contributed by atoms with E-state index in [4.69, 9.17) is 4.74 Å². The van der Waals surface area contributed by atoms with E-state index in [0.29, 0.717) is 5.57 Å². The van der Waals surface area contributed by atoms with Crippen LogP contribution in [0.15, 0.2) is 35.9 Å². The van der Waals surface area contributed by atoms with Crippen LogP contribution in [0.5, 0.6) is 11.5 Å². The van der Waals surface area contributed by atoms with Crippen LogP contribution < -0.4 is 9.47 Å². The van der Waals surface area contributed by atoms with E-state index in [1.807, 2.05) is 0 Å². The molecule has 0 radical (unpaired) electrons. The van der Waals surface area contributed by atoms with E-state index >= 15 is 0 Å². The van der Waals surface area contributed by atoms with Crippen molar-refractivity contribution in [2.45, 2.75) is 13.3 Å².